The van der Waals surface area contributed by atoms with Crippen molar-refractivity contribution < 1.29 is 14.4 Å². The molecule has 5 nitrogen and oxygen atoms in total. The lowest BCUT2D eigenvalue weighted by molar-refractivity contribution is -0.141. The third-order valence-electron chi connectivity index (χ3n) is 0.723. The maximum absolute atomic E-state index is 10.4. The van der Waals surface area contributed by atoms with E-state index in [4.69, 9.17) is 0 Å². The quantitative estimate of drug-likeness (QED) is 0.402. The number of amides is 3. The van der Waals surface area contributed by atoms with Gasteiger partial charge in [-0.15, -0.1) is 0 Å². The molecule has 0 saturated carbocycles. The molecule has 0 spiro atoms. The number of carbonyl (C=O) groups is 3. The molecule has 5 heteroatoms. The molecule has 0 aromatic heterocycles. The minimum Gasteiger partial charge on any atom is -0.351 e. The number of hydrogen-bond donors (Lipinski definition) is 2. The first-order valence-electron chi connectivity index (χ1n) is 2.61. The summed E-state index contributed by atoms with van der Waals surface area (Å²) in [5.74, 6) is -2.31. The summed E-state index contributed by atoms with van der Waals surface area (Å²) in [6.07, 6.45) is 0. The van der Waals surface area contributed by atoms with Gasteiger partial charge in [-0.2, -0.15) is 0 Å². The van der Waals surface area contributed by atoms with E-state index in [1.807, 2.05) is 0 Å². The molecule has 0 aromatic rings. The van der Waals surface area contributed by atoms with Gasteiger partial charge in [0.25, 0.3) is 0 Å². The first-order valence-corrected chi connectivity index (χ1v) is 2.61. The summed E-state index contributed by atoms with van der Waals surface area (Å²) < 4.78 is 0. The van der Waals surface area contributed by atoms with Crippen LogP contribution in [0.15, 0.2) is 0 Å². The Kier molecular flexibility index (Phi) is 3.10. The van der Waals surface area contributed by atoms with Crippen molar-refractivity contribution in [3.63, 3.8) is 0 Å². The van der Waals surface area contributed by atoms with Gasteiger partial charge in [0.1, 0.15) is 0 Å². The second-order valence-corrected chi connectivity index (χ2v) is 1.59. The fourth-order valence-electron chi connectivity index (χ4n) is 0.330. The van der Waals surface area contributed by atoms with Crippen LogP contribution in [-0.2, 0) is 14.4 Å². The van der Waals surface area contributed by atoms with Crippen molar-refractivity contribution in [3.05, 3.63) is 0 Å². The molecule has 0 aliphatic heterocycles. The van der Waals surface area contributed by atoms with Crippen molar-refractivity contribution in [2.75, 3.05) is 7.05 Å². The molecule has 3 amide bonds. The lowest BCUT2D eigenvalue weighted by atomic mass is 10.5. The number of imide groups is 1. The maximum Gasteiger partial charge on any atom is 0.315 e. The molecule has 0 radical (unpaired) electrons. The summed E-state index contributed by atoms with van der Waals surface area (Å²) >= 11 is 0. The van der Waals surface area contributed by atoms with E-state index in [9.17, 15) is 14.4 Å². The first kappa shape index (κ1) is 8.61. The van der Waals surface area contributed by atoms with Crippen molar-refractivity contribution in [1.82, 2.24) is 10.6 Å². The van der Waals surface area contributed by atoms with Crippen LogP contribution in [0, 0.1) is 0 Å². The van der Waals surface area contributed by atoms with Gasteiger partial charge < -0.3 is 5.32 Å². The molecule has 0 rings (SSSR count). The highest BCUT2D eigenvalue weighted by Gasteiger charge is 2.11. The van der Waals surface area contributed by atoms with Crippen molar-refractivity contribution in [2.45, 2.75) is 6.92 Å². The SMILES string of the molecule is CNC(=O)C(=O)NC(C)=O. The average molecular weight is 144 g/mol. The average Bonchev–Trinajstić information content (AvgIpc) is 1.85. The van der Waals surface area contributed by atoms with Crippen LogP contribution in [0.4, 0.5) is 0 Å². The first-order chi connectivity index (χ1) is 4.57. The third-order valence-corrected chi connectivity index (χ3v) is 0.723. The van der Waals surface area contributed by atoms with Gasteiger partial charge in [-0.25, -0.2) is 0 Å². The lowest BCUT2D eigenvalue weighted by Gasteiger charge is -1.96. The number of hydrogen-bond acceptors (Lipinski definition) is 3. The summed E-state index contributed by atoms with van der Waals surface area (Å²) in [6, 6.07) is 0. The third kappa shape index (κ3) is 2.81. The molecule has 0 bridgehead atoms. The Morgan fingerprint density at radius 1 is 1.10 bits per heavy atom. The van der Waals surface area contributed by atoms with Crippen LogP contribution >= 0.6 is 0 Å². The summed E-state index contributed by atoms with van der Waals surface area (Å²) in [7, 11) is 1.31. The molecule has 0 unspecified atom stereocenters. The van der Waals surface area contributed by atoms with E-state index in [0.717, 1.165) is 6.92 Å². The van der Waals surface area contributed by atoms with Crippen molar-refractivity contribution >= 4 is 17.7 Å². The predicted molar refractivity (Wildman–Crippen MR) is 32.9 cm³/mol. The van der Waals surface area contributed by atoms with E-state index in [1.165, 1.54) is 7.05 Å². The molecule has 0 aliphatic rings. The summed E-state index contributed by atoms with van der Waals surface area (Å²) in [5, 5.41) is 3.87. The van der Waals surface area contributed by atoms with Crippen molar-refractivity contribution in [1.29, 1.82) is 0 Å². The van der Waals surface area contributed by atoms with Crippen LogP contribution in [0.2, 0.25) is 0 Å². The van der Waals surface area contributed by atoms with E-state index < -0.39 is 17.7 Å². The zero-order valence-corrected chi connectivity index (χ0v) is 5.72. The Hall–Kier alpha value is -1.39. The van der Waals surface area contributed by atoms with Crippen LogP contribution in [0.3, 0.4) is 0 Å². The monoisotopic (exact) mass is 144 g/mol. The van der Waals surface area contributed by atoms with Gasteiger partial charge in [-0.1, -0.05) is 0 Å². The molecule has 56 valence electrons. The zero-order chi connectivity index (χ0) is 8.15. The second-order valence-electron chi connectivity index (χ2n) is 1.59. The van der Waals surface area contributed by atoms with Gasteiger partial charge in [0.15, 0.2) is 0 Å². The molecular formula is C5H8N2O3. The van der Waals surface area contributed by atoms with Crippen LogP contribution in [0.5, 0.6) is 0 Å². The predicted octanol–water partition coefficient (Wildman–Crippen LogP) is -1.60. The Balaban J connectivity index is 3.86. The van der Waals surface area contributed by atoms with Crippen LogP contribution in [-0.4, -0.2) is 24.8 Å². The number of likely N-dealkylation sites (N-methyl/N-ethyl adjacent to an activating group) is 1. The molecule has 0 aliphatic carbocycles. The Labute approximate surface area is 57.8 Å². The molecular weight excluding hydrogens is 136 g/mol. The van der Waals surface area contributed by atoms with E-state index in [0.29, 0.717) is 0 Å². The highest BCUT2D eigenvalue weighted by Crippen LogP contribution is 1.66. The van der Waals surface area contributed by atoms with Crippen LogP contribution in [0.1, 0.15) is 6.92 Å². The Bertz CT molecular complexity index is 176. The molecule has 0 saturated heterocycles. The maximum atomic E-state index is 10.4. The molecule has 0 aromatic carbocycles. The molecule has 2 N–H and O–H groups in total. The van der Waals surface area contributed by atoms with E-state index in [-0.39, 0.29) is 0 Å². The molecule has 10 heavy (non-hydrogen) atoms. The highest BCUT2D eigenvalue weighted by molar-refractivity contribution is 6.37. The van der Waals surface area contributed by atoms with Crippen molar-refractivity contribution in [2.24, 2.45) is 0 Å². The summed E-state index contributed by atoms with van der Waals surface area (Å²) in [5.41, 5.74) is 0. The van der Waals surface area contributed by atoms with Gasteiger partial charge in [0, 0.05) is 14.0 Å². The smallest absolute Gasteiger partial charge is 0.315 e. The van der Waals surface area contributed by atoms with Gasteiger partial charge in [-0.3, -0.25) is 19.7 Å². The van der Waals surface area contributed by atoms with E-state index >= 15 is 0 Å². The summed E-state index contributed by atoms with van der Waals surface area (Å²) in [4.78, 5) is 31.0. The highest BCUT2D eigenvalue weighted by atomic mass is 16.2. The summed E-state index contributed by atoms with van der Waals surface area (Å²) in [6.45, 7) is 1.15. The fraction of sp³-hybridized carbons (Fsp3) is 0.400. The number of nitrogens with one attached hydrogen (secondary N) is 2. The van der Waals surface area contributed by atoms with E-state index in [2.05, 4.69) is 5.32 Å². The van der Waals surface area contributed by atoms with Crippen LogP contribution in [0.25, 0.3) is 0 Å². The standard InChI is InChI=1S/C5H8N2O3/c1-3(8)7-5(10)4(9)6-2/h1-2H3,(H,6,9)(H,7,8,10). The largest absolute Gasteiger partial charge is 0.351 e. The minimum absolute atomic E-state index is 0.548. The fourth-order valence-corrected chi connectivity index (χ4v) is 0.330. The van der Waals surface area contributed by atoms with Crippen molar-refractivity contribution in [3.8, 4) is 0 Å². The van der Waals surface area contributed by atoms with Gasteiger partial charge in [0.2, 0.25) is 5.91 Å². The van der Waals surface area contributed by atoms with E-state index in [1.54, 1.807) is 5.32 Å². The van der Waals surface area contributed by atoms with Gasteiger partial charge in [0.05, 0.1) is 0 Å². The van der Waals surface area contributed by atoms with Gasteiger partial charge in [-0.05, 0) is 0 Å². The molecule has 0 atom stereocenters. The zero-order valence-electron chi connectivity index (χ0n) is 5.72. The minimum atomic E-state index is -0.935. The Morgan fingerprint density at radius 3 is 1.90 bits per heavy atom. The molecule has 0 heterocycles. The molecule has 0 fully saturated rings. The normalized spacial score (nSPS) is 8.20. The second kappa shape index (κ2) is 3.60. The topological polar surface area (TPSA) is 75.3 Å². The van der Waals surface area contributed by atoms with Gasteiger partial charge >= 0.3 is 11.8 Å². The van der Waals surface area contributed by atoms with Crippen LogP contribution < -0.4 is 10.6 Å². The number of rotatable bonds is 0. The number of carbonyl (C=O) groups excluding carboxylic acids is 3. The lowest BCUT2D eigenvalue weighted by Crippen LogP contribution is -2.40. The Morgan fingerprint density at radius 2 is 1.60 bits per heavy atom.